The number of aromatic nitrogens is 3. The van der Waals surface area contributed by atoms with Gasteiger partial charge in [0.1, 0.15) is 12.2 Å². The molecule has 2 rings (SSSR count). The zero-order valence-electron chi connectivity index (χ0n) is 12.3. The zero-order chi connectivity index (χ0) is 13.7. The van der Waals surface area contributed by atoms with E-state index in [0.29, 0.717) is 18.2 Å². The fourth-order valence-corrected chi connectivity index (χ4v) is 2.75. The Morgan fingerprint density at radius 1 is 1.53 bits per heavy atom. The van der Waals surface area contributed by atoms with Gasteiger partial charge in [0.05, 0.1) is 6.10 Å². The number of ether oxygens (including phenoxy) is 1. The second kappa shape index (κ2) is 7.01. The summed E-state index contributed by atoms with van der Waals surface area (Å²) < 4.78 is 7.76. The molecule has 2 unspecified atom stereocenters. The lowest BCUT2D eigenvalue weighted by Gasteiger charge is -2.21. The second-order valence-electron chi connectivity index (χ2n) is 5.54. The Morgan fingerprint density at radius 3 is 3.00 bits per heavy atom. The first-order valence-corrected chi connectivity index (χ1v) is 7.44. The molecule has 2 atom stereocenters. The molecular weight excluding hydrogens is 240 g/mol. The molecule has 1 aromatic heterocycles. The van der Waals surface area contributed by atoms with Crippen molar-refractivity contribution in [3.8, 4) is 0 Å². The standard InChI is InChI=1S/C14H26N4O/c1-4-15-12(8-13-6-5-7-19-13)9-14-16-10-17-18(14)11(2)3/h10-13,15H,4-9H2,1-3H3. The highest BCUT2D eigenvalue weighted by Crippen LogP contribution is 2.19. The highest BCUT2D eigenvalue weighted by Gasteiger charge is 2.22. The smallest absolute Gasteiger partial charge is 0.138 e. The Labute approximate surface area is 115 Å². The largest absolute Gasteiger partial charge is 0.378 e. The third-order valence-corrected chi connectivity index (χ3v) is 3.63. The Hall–Kier alpha value is -0.940. The van der Waals surface area contributed by atoms with Crippen LogP contribution in [-0.4, -0.2) is 40.1 Å². The van der Waals surface area contributed by atoms with Gasteiger partial charge < -0.3 is 10.1 Å². The molecule has 1 aliphatic rings. The monoisotopic (exact) mass is 266 g/mol. The van der Waals surface area contributed by atoms with Crippen molar-refractivity contribution in [3.63, 3.8) is 0 Å². The molecule has 0 aromatic carbocycles. The predicted octanol–water partition coefficient (Wildman–Crippen LogP) is 1.95. The van der Waals surface area contributed by atoms with Crippen molar-refractivity contribution >= 4 is 0 Å². The third-order valence-electron chi connectivity index (χ3n) is 3.63. The molecular formula is C14H26N4O. The molecule has 0 saturated carbocycles. The molecule has 1 saturated heterocycles. The van der Waals surface area contributed by atoms with Crippen molar-refractivity contribution in [2.75, 3.05) is 13.2 Å². The van der Waals surface area contributed by atoms with Crippen LogP contribution in [0.3, 0.4) is 0 Å². The van der Waals surface area contributed by atoms with E-state index in [1.54, 1.807) is 6.33 Å². The molecule has 19 heavy (non-hydrogen) atoms. The lowest BCUT2D eigenvalue weighted by molar-refractivity contribution is 0.0944. The van der Waals surface area contributed by atoms with Crippen LogP contribution >= 0.6 is 0 Å². The van der Waals surface area contributed by atoms with Crippen molar-refractivity contribution in [1.29, 1.82) is 0 Å². The van der Waals surface area contributed by atoms with Gasteiger partial charge in [-0.1, -0.05) is 6.92 Å². The Kier molecular flexibility index (Phi) is 5.34. The predicted molar refractivity (Wildman–Crippen MR) is 75.2 cm³/mol. The molecule has 5 heteroatoms. The van der Waals surface area contributed by atoms with E-state index in [2.05, 4.69) is 36.2 Å². The van der Waals surface area contributed by atoms with Crippen LogP contribution in [0.5, 0.6) is 0 Å². The molecule has 0 spiro atoms. The summed E-state index contributed by atoms with van der Waals surface area (Å²) in [5, 5.41) is 7.86. The van der Waals surface area contributed by atoms with Crippen LogP contribution in [0.2, 0.25) is 0 Å². The van der Waals surface area contributed by atoms with Crippen LogP contribution in [0.4, 0.5) is 0 Å². The summed E-state index contributed by atoms with van der Waals surface area (Å²) in [4.78, 5) is 4.41. The van der Waals surface area contributed by atoms with Crippen molar-refractivity contribution < 1.29 is 4.74 Å². The summed E-state index contributed by atoms with van der Waals surface area (Å²) in [6.45, 7) is 8.33. The molecule has 108 valence electrons. The fourth-order valence-electron chi connectivity index (χ4n) is 2.75. The van der Waals surface area contributed by atoms with E-state index in [9.17, 15) is 0 Å². The van der Waals surface area contributed by atoms with Gasteiger partial charge >= 0.3 is 0 Å². The number of hydrogen-bond acceptors (Lipinski definition) is 4. The summed E-state index contributed by atoms with van der Waals surface area (Å²) in [6, 6.07) is 0.789. The van der Waals surface area contributed by atoms with E-state index in [0.717, 1.165) is 31.8 Å². The average Bonchev–Trinajstić information content (AvgIpc) is 3.00. The SMILES string of the molecule is CCNC(Cc1ncnn1C(C)C)CC1CCCO1. The van der Waals surface area contributed by atoms with Gasteiger partial charge in [0.15, 0.2) is 0 Å². The maximum atomic E-state index is 5.74. The van der Waals surface area contributed by atoms with Gasteiger partial charge in [-0.25, -0.2) is 9.67 Å². The Morgan fingerprint density at radius 2 is 2.37 bits per heavy atom. The molecule has 5 nitrogen and oxygen atoms in total. The Bertz CT molecular complexity index is 371. The van der Waals surface area contributed by atoms with Gasteiger partial charge in [-0.15, -0.1) is 0 Å². The van der Waals surface area contributed by atoms with E-state index in [1.165, 1.54) is 12.8 Å². The van der Waals surface area contributed by atoms with Crippen LogP contribution in [0.25, 0.3) is 0 Å². The molecule has 2 heterocycles. The molecule has 1 aromatic rings. The molecule has 1 fully saturated rings. The first kappa shape index (κ1) is 14.5. The van der Waals surface area contributed by atoms with Crippen LogP contribution in [0, 0.1) is 0 Å². The maximum Gasteiger partial charge on any atom is 0.138 e. The van der Waals surface area contributed by atoms with Crippen molar-refractivity contribution in [2.24, 2.45) is 0 Å². The van der Waals surface area contributed by atoms with Crippen LogP contribution < -0.4 is 5.32 Å². The minimum Gasteiger partial charge on any atom is -0.378 e. The lowest BCUT2D eigenvalue weighted by atomic mass is 10.0. The molecule has 0 amide bonds. The minimum atomic E-state index is 0.363. The van der Waals surface area contributed by atoms with Gasteiger partial charge in [0, 0.05) is 25.1 Å². The number of rotatable bonds is 7. The minimum absolute atomic E-state index is 0.363. The average molecular weight is 266 g/mol. The molecule has 1 aliphatic heterocycles. The highest BCUT2D eigenvalue weighted by atomic mass is 16.5. The first-order chi connectivity index (χ1) is 9.20. The van der Waals surface area contributed by atoms with Gasteiger partial charge in [-0.05, 0) is 39.7 Å². The van der Waals surface area contributed by atoms with Gasteiger partial charge in [-0.3, -0.25) is 0 Å². The first-order valence-electron chi connectivity index (χ1n) is 7.44. The van der Waals surface area contributed by atoms with Gasteiger partial charge in [0.2, 0.25) is 0 Å². The van der Waals surface area contributed by atoms with E-state index in [-0.39, 0.29) is 0 Å². The van der Waals surface area contributed by atoms with Crippen LogP contribution in [0.1, 0.15) is 51.9 Å². The summed E-state index contributed by atoms with van der Waals surface area (Å²) in [5.41, 5.74) is 0. The normalized spacial score (nSPS) is 21.2. The number of nitrogens with one attached hydrogen (secondary N) is 1. The highest BCUT2D eigenvalue weighted by molar-refractivity contribution is 4.92. The van der Waals surface area contributed by atoms with E-state index >= 15 is 0 Å². The third kappa shape index (κ3) is 4.01. The molecule has 0 bridgehead atoms. The number of nitrogens with zero attached hydrogens (tertiary/aromatic N) is 3. The second-order valence-corrected chi connectivity index (χ2v) is 5.54. The summed E-state index contributed by atoms with van der Waals surface area (Å²) in [7, 11) is 0. The van der Waals surface area contributed by atoms with Crippen molar-refractivity contribution in [3.05, 3.63) is 12.2 Å². The quantitative estimate of drug-likeness (QED) is 0.819. The topological polar surface area (TPSA) is 52.0 Å². The van der Waals surface area contributed by atoms with E-state index < -0.39 is 0 Å². The van der Waals surface area contributed by atoms with Crippen molar-refractivity contribution in [2.45, 2.75) is 64.6 Å². The molecule has 0 aliphatic carbocycles. The van der Waals surface area contributed by atoms with E-state index in [1.807, 2.05) is 4.68 Å². The van der Waals surface area contributed by atoms with Gasteiger partial charge in [0.25, 0.3) is 0 Å². The lowest BCUT2D eigenvalue weighted by Crippen LogP contribution is -2.35. The molecule has 0 radical (unpaired) electrons. The van der Waals surface area contributed by atoms with Crippen LogP contribution in [-0.2, 0) is 11.2 Å². The summed E-state index contributed by atoms with van der Waals surface area (Å²) in [5.74, 6) is 1.07. The fraction of sp³-hybridized carbons (Fsp3) is 0.857. The van der Waals surface area contributed by atoms with Crippen LogP contribution in [0.15, 0.2) is 6.33 Å². The number of likely N-dealkylation sites (N-methyl/N-ethyl adjacent to an activating group) is 1. The van der Waals surface area contributed by atoms with Crippen molar-refractivity contribution in [1.82, 2.24) is 20.1 Å². The maximum absolute atomic E-state index is 5.74. The Balaban J connectivity index is 1.96. The summed E-state index contributed by atoms with van der Waals surface area (Å²) >= 11 is 0. The van der Waals surface area contributed by atoms with E-state index in [4.69, 9.17) is 4.74 Å². The zero-order valence-corrected chi connectivity index (χ0v) is 12.3. The number of hydrogen-bond donors (Lipinski definition) is 1. The molecule has 1 N–H and O–H groups in total. The van der Waals surface area contributed by atoms with Gasteiger partial charge in [-0.2, -0.15) is 5.10 Å². The summed E-state index contributed by atoms with van der Waals surface area (Å²) in [6.07, 6.45) is 6.46.